The highest BCUT2D eigenvalue weighted by atomic mass is 15.3. The molecule has 4 heteroatoms. The first-order chi connectivity index (χ1) is 8.66. The summed E-state index contributed by atoms with van der Waals surface area (Å²) in [6.45, 7) is 6.31. The van der Waals surface area contributed by atoms with E-state index in [1.807, 2.05) is 14.0 Å². The van der Waals surface area contributed by atoms with Gasteiger partial charge in [0.2, 0.25) is 0 Å². The van der Waals surface area contributed by atoms with Crippen molar-refractivity contribution in [3.8, 4) is 0 Å². The van der Waals surface area contributed by atoms with Gasteiger partial charge in [-0.25, -0.2) is 0 Å². The molecule has 0 radical (unpaired) electrons. The summed E-state index contributed by atoms with van der Waals surface area (Å²) in [4.78, 5) is 0. The van der Waals surface area contributed by atoms with Crippen LogP contribution in [0.1, 0.15) is 50.7 Å². The number of hydrogen-bond donors (Lipinski definition) is 1. The van der Waals surface area contributed by atoms with Gasteiger partial charge in [-0.3, -0.25) is 0 Å². The number of aryl methyl sites for hydroxylation is 1. The molecule has 1 aromatic heterocycles. The fourth-order valence-corrected chi connectivity index (χ4v) is 2.93. The van der Waals surface area contributed by atoms with Crippen LogP contribution in [0.5, 0.6) is 0 Å². The van der Waals surface area contributed by atoms with Crippen LogP contribution in [0.2, 0.25) is 0 Å². The number of hydrogen-bond acceptors (Lipinski definition) is 3. The minimum Gasteiger partial charge on any atom is -0.317 e. The minimum absolute atomic E-state index is 0.833. The van der Waals surface area contributed by atoms with E-state index in [0.717, 1.165) is 36.6 Å². The highest BCUT2D eigenvalue weighted by molar-refractivity contribution is 4.91. The lowest BCUT2D eigenvalue weighted by Crippen LogP contribution is -2.22. The number of nitrogens with zero attached hydrogens (tertiary/aromatic N) is 3. The summed E-state index contributed by atoms with van der Waals surface area (Å²) >= 11 is 0. The molecule has 0 spiro atoms. The van der Waals surface area contributed by atoms with Crippen molar-refractivity contribution in [3.63, 3.8) is 0 Å². The second-order valence-corrected chi connectivity index (χ2v) is 5.83. The Kier molecular flexibility index (Phi) is 4.75. The Morgan fingerprint density at radius 2 is 2.17 bits per heavy atom. The third kappa shape index (κ3) is 3.55. The molecule has 1 N–H and O–H groups in total. The summed E-state index contributed by atoms with van der Waals surface area (Å²) < 4.78 is 2.05. The highest BCUT2D eigenvalue weighted by Crippen LogP contribution is 2.30. The molecule has 1 aliphatic rings. The third-order valence-corrected chi connectivity index (χ3v) is 4.24. The molecule has 2 unspecified atom stereocenters. The van der Waals surface area contributed by atoms with Crippen LogP contribution in [0.15, 0.2) is 0 Å². The van der Waals surface area contributed by atoms with Crippen molar-refractivity contribution in [2.45, 2.75) is 52.5 Å². The van der Waals surface area contributed by atoms with Crippen molar-refractivity contribution in [2.24, 2.45) is 18.9 Å². The van der Waals surface area contributed by atoms with Crippen LogP contribution >= 0.6 is 0 Å². The average Bonchev–Trinajstić information content (AvgIpc) is 2.66. The molecule has 18 heavy (non-hydrogen) atoms. The summed E-state index contributed by atoms with van der Waals surface area (Å²) in [5.74, 6) is 3.88. The molecule has 0 amide bonds. The molecule has 1 fully saturated rings. The quantitative estimate of drug-likeness (QED) is 0.816. The Bertz CT molecular complexity index is 372. The van der Waals surface area contributed by atoms with E-state index in [9.17, 15) is 0 Å². The number of rotatable bonds is 5. The van der Waals surface area contributed by atoms with E-state index in [2.05, 4.69) is 27.0 Å². The molecule has 4 nitrogen and oxygen atoms in total. The van der Waals surface area contributed by atoms with E-state index in [0.29, 0.717) is 0 Å². The van der Waals surface area contributed by atoms with Crippen LogP contribution < -0.4 is 5.32 Å². The van der Waals surface area contributed by atoms with Gasteiger partial charge < -0.3 is 9.88 Å². The van der Waals surface area contributed by atoms with Crippen molar-refractivity contribution in [2.75, 3.05) is 6.54 Å². The van der Waals surface area contributed by atoms with Gasteiger partial charge in [-0.15, -0.1) is 10.2 Å². The van der Waals surface area contributed by atoms with Crippen LogP contribution in [0.25, 0.3) is 0 Å². The van der Waals surface area contributed by atoms with Gasteiger partial charge in [-0.1, -0.05) is 26.2 Å². The Morgan fingerprint density at radius 1 is 1.33 bits per heavy atom. The number of aromatic nitrogens is 3. The van der Waals surface area contributed by atoms with E-state index in [1.54, 1.807) is 0 Å². The second-order valence-electron chi connectivity index (χ2n) is 5.83. The topological polar surface area (TPSA) is 42.7 Å². The zero-order valence-electron chi connectivity index (χ0n) is 11.9. The average molecular weight is 250 g/mol. The molecule has 0 aromatic carbocycles. The summed E-state index contributed by atoms with van der Waals surface area (Å²) in [7, 11) is 2.02. The number of nitrogens with one attached hydrogen (secondary N) is 1. The van der Waals surface area contributed by atoms with Crippen molar-refractivity contribution in [3.05, 3.63) is 11.6 Å². The van der Waals surface area contributed by atoms with Crippen molar-refractivity contribution < 1.29 is 0 Å². The standard InChI is InChI=1S/C14H26N4/c1-11-5-4-6-13(9-11)7-8-15-10-14-17-16-12(2)18(14)3/h11,13,15H,4-10H2,1-3H3. The molecule has 1 aliphatic carbocycles. The van der Waals surface area contributed by atoms with Gasteiger partial charge in [0.05, 0.1) is 6.54 Å². The molecule has 0 bridgehead atoms. The second kappa shape index (κ2) is 6.32. The SMILES string of the molecule is Cc1nnc(CNCCC2CCCC(C)C2)n1C. The van der Waals surface area contributed by atoms with Gasteiger partial charge >= 0.3 is 0 Å². The first-order valence-electron chi connectivity index (χ1n) is 7.22. The lowest BCUT2D eigenvalue weighted by atomic mass is 9.81. The molecule has 1 aromatic rings. The molecule has 0 aliphatic heterocycles. The van der Waals surface area contributed by atoms with E-state index >= 15 is 0 Å². The maximum atomic E-state index is 4.16. The maximum Gasteiger partial charge on any atom is 0.146 e. The van der Waals surface area contributed by atoms with E-state index in [-0.39, 0.29) is 0 Å². The summed E-state index contributed by atoms with van der Waals surface area (Å²) in [5.41, 5.74) is 0. The Morgan fingerprint density at radius 3 is 2.83 bits per heavy atom. The van der Waals surface area contributed by atoms with E-state index in [1.165, 1.54) is 32.1 Å². The fraction of sp³-hybridized carbons (Fsp3) is 0.857. The van der Waals surface area contributed by atoms with E-state index in [4.69, 9.17) is 0 Å². The monoisotopic (exact) mass is 250 g/mol. The molecule has 2 atom stereocenters. The predicted octanol–water partition coefficient (Wildman–Crippen LogP) is 2.43. The Hall–Kier alpha value is -0.900. The van der Waals surface area contributed by atoms with Gasteiger partial charge in [0.25, 0.3) is 0 Å². The predicted molar refractivity (Wildman–Crippen MR) is 73.2 cm³/mol. The molecule has 1 heterocycles. The van der Waals surface area contributed by atoms with Crippen LogP contribution in [0.4, 0.5) is 0 Å². The Balaban J connectivity index is 1.65. The molecular formula is C14H26N4. The normalized spacial score (nSPS) is 24.4. The van der Waals surface area contributed by atoms with Gasteiger partial charge in [0.15, 0.2) is 0 Å². The van der Waals surface area contributed by atoms with Crippen LogP contribution in [-0.4, -0.2) is 21.3 Å². The molecule has 102 valence electrons. The third-order valence-electron chi connectivity index (χ3n) is 4.24. The molecule has 2 rings (SSSR count). The lowest BCUT2D eigenvalue weighted by molar-refractivity contribution is 0.267. The highest BCUT2D eigenvalue weighted by Gasteiger charge is 2.18. The van der Waals surface area contributed by atoms with Gasteiger partial charge in [0, 0.05) is 7.05 Å². The smallest absolute Gasteiger partial charge is 0.146 e. The molecular weight excluding hydrogens is 224 g/mol. The zero-order valence-corrected chi connectivity index (χ0v) is 11.9. The summed E-state index contributed by atoms with van der Waals surface area (Å²) in [6.07, 6.45) is 7.01. The summed E-state index contributed by atoms with van der Waals surface area (Å²) in [5, 5.41) is 11.7. The van der Waals surface area contributed by atoms with Crippen LogP contribution in [0, 0.1) is 18.8 Å². The fourth-order valence-electron chi connectivity index (χ4n) is 2.93. The first kappa shape index (κ1) is 13.5. The van der Waals surface area contributed by atoms with Crippen molar-refractivity contribution in [1.82, 2.24) is 20.1 Å². The lowest BCUT2D eigenvalue weighted by Gasteiger charge is -2.26. The summed E-state index contributed by atoms with van der Waals surface area (Å²) in [6, 6.07) is 0. The molecule has 1 saturated carbocycles. The van der Waals surface area contributed by atoms with Crippen molar-refractivity contribution >= 4 is 0 Å². The maximum absolute atomic E-state index is 4.16. The van der Waals surface area contributed by atoms with Gasteiger partial charge in [0.1, 0.15) is 11.6 Å². The van der Waals surface area contributed by atoms with Gasteiger partial charge in [-0.05, 0) is 38.1 Å². The van der Waals surface area contributed by atoms with E-state index < -0.39 is 0 Å². The largest absolute Gasteiger partial charge is 0.317 e. The van der Waals surface area contributed by atoms with Crippen LogP contribution in [-0.2, 0) is 13.6 Å². The Labute approximate surface area is 110 Å². The first-order valence-corrected chi connectivity index (χ1v) is 7.22. The molecule has 0 saturated heterocycles. The van der Waals surface area contributed by atoms with Crippen LogP contribution in [0.3, 0.4) is 0 Å². The zero-order chi connectivity index (χ0) is 13.0. The van der Waals surface area contributed by atoms with Gasteiger partial charge in [-0.2, -0.15) is 0 Å². The van der Waals surface area contributed by atoms with Crippen molar-refractivity contribution in [1.29, 1.82) is 0 Å². The minimum atomic E-state index is 0.833.